The van der Waals surface area contributed by atoms with Crippen molar-refractivity contribution < 1.29 is 13.2 Å². The van der Waals surface area contributed by atoms with Crippen molar-refractivity contribution >= 4 is 33.2 Å². The van der Waals surface area contributed by atoms with Crippen molar-refractivity contribution in [3.8, 4) is 0 Å². The third-order valence-electron chi connectivity index (χ3n) is 5.34. The fourth-order valence-corrected chi connectivity index (χ4v) is 4.69. The minimum atomic E-state index is -3.55. The Balaban J connectivity index is 1.50. The number of nitrogens with zero attached hydrogens (tertiary/aromatic N) is 2. The second kappa shape index (κ2) is 9.81. The minimum absolute atomic E-state index is 0.0635. The number of amides is 1. The molecule has 2 aromatic rings. The van der Waals surface area contributed by atoms with Gasteiger partial charge in [0, 0.05) is 36.4 Å². The molecule has 0 saturated carbocycles. The van der Waals surface area contributed by atoms with Crippen LogP contribution in [0.25, 0.3) is 0 Å². The molecule has 1 aliphatic rings. The van der Waals surface area contributed by atoms with E-state index in [1.165, 1.54) is 11.3 Å². The largest absolute Gasteiger partial charge is 0.368 e. The maximum Gasteiger partial charge on any atom is 0.235 e. The van der Waals surface area contributed by atoms with Crippen LogP contribution in [0.5, 0.6) is 0 Å². The third-order valence-corrected chi connectivity index (χ3v) is 6.90. The molecule has 2 aromatic carbocycles. The number of benzene rings is 2. The highest BCUT2D eigenvalue weighted by Crippen LogP contribution is 2.31. The van der Waals surface area contributed by atoms with E-state index in [2.05, 4.69) is 35.3 Å². The molecule has 0 aliphatic carbocycles. The van der Waals surface area contributed by atoms with E-state index in [1.807, 2.05) is 6.07 Å². The van der Waals surface area contributed by atoms with Crippen LogP contribution in [-0.2, 0) is 27.8 Å². The van der Waals surface area contributed by atoms with Crippen LogP contribution in [0.3, 0.4) is 0 Å². The van der Waals surface area contributed by atoms with Gasteiger partial charge in [-0.15, -0.1) is 0 Å². The molecule has 30 heavy (non-hydrogen) atoms. The quantitative estimate of drug-likeness (QED) is 0.597. The Morgan fingerprint density at radius 2 is 1.90 bits per heavy atom. The number of para-hydroxylation sites is 1. The maximum absolute atomic E-state index is 12.4. The molecule has 3 rings (SSSR count). The van der Waals surface area contributed by atoms with Gasteiger partial charge in [-0.3, -0.25) is 4.79 Å². The first kappa shape index (κ1) is 22.6. The minimum Gasteiger partial charge on any atom is -0.368 e. The lowest BCUT2D eigenvalue weighted by atomic mass is 10.1. The van der Waals surface area contributed by atoms with Gasteiger partial charge in [0.05, 0.1) is 12.8 Å². The number of rotatable bonds is 9. The lowest BCUT2D eigenvalue weighted by Gasteiger charge is -2.25. The zero-order chi connectivity index (χ0) is 21.7. The predicted octanol–water partition coefficient (Wildman–Crippen LogP) is 3.06. The molecule has 1 heterocycles. The van der Waals surface area contributed by atoms with Crippen LogP contribution in [0, 0.1) is 0 Å². The number of sulfonamides is 1. The Labute approximate surface area is 183 Å². The van der Waals surface area contributed by atoms with E-state index in [0.29, 0.717) is 23.2 Å². The van der Waals surface area contributed by atoms with Crippen molar-refractivity contribution in [1.29, 1.82) is 0 Å². The highest BCUT2D eigenvalue weighted by Gasteiger charge is 2.25. The van der Waals surface area contributed by atoms with E-state index >= 15 is 0 Å². The summed E-state index contributed by atoms with van der Waals surface area (Å²) in [7, 11) is -3.55. The number of hydrogen-bond acceptors (Lipinski definition) is 4. The molecule has 0 aromatic heterocycles. The molecule has 1 atom stereocenters. The smallest absolute Gasteiger partial charge is 0.235 e. The lowest BCUT2D eigenvalue weighted by molar-refractivity contribution is -0.121. The van der Waals surface area contributed by atoms with Gasteiger partial charge in [0.25, 0.3) is 0 Å². The van der Waals surface area contributed by atoms with Crippen molar-refractivity contribution in [2.45, 2.75) is 32.4 Å². The van der Waals surface area contributed by atoms with Crippen molar-refractivity contribution in [1.82, 2.24) is 9.62 Å². The van der Waals surface area contributed by atoms with Crippen LogP contribution in [0.2, 0.25) is 5.02 Å². The summed E-state index contributed by atoms with van der Waals surface area (Å²) in [4.78, 5) is 14.7. The Morgan fingerprint density at radius 3 is 2.63 bits per heavy atom. The number of fused-ring (bicyclic) bond motifs is 1. The van der Waals surface area contributed by atoms with Gasteiger partial charge in [0.15, 0.2) is 0 Å². The lowest BCUT2D eigenvalue weighted by Crippen LogP contribution is -2.41. The molecule has 1 N–H and O–H groups in total. The highest BCUT2D eigenvalue weighted by atomic mass is 35.5. The monoisotopic (exact) mass is 449 g/mol. The Bertz CT molecular complexity index is 997. The van der Waals surface area contributed by atoms with E-state index in [1.54, 1.807) is 24.3 Å². The van der Waals surface area contributed by atoms with Crippen molar-refractivity contribution in [2.75, 3.05) is 30.8 Å². The summed E-state index contributed by atoms with van der Waals surface area (Å²) in [5, 5.41) is 3.32. The Hall–Kier alpha value is -2.09. The van der Waals surface area contributed by atoms with Crippen molar-refractivity contribution in [3.05, 3.63) is 64.7 Å². The second-order valence-corrected chi connectivity index (χ2v) is 10.1. The second-order valence-electron chi connectivity index (χ2n) is 7.70. The zero-order valence-electron chi connectivity index (χ0n) is 17.3. The van der Waals surface area contributed by atoms with E-state index in [0.717, 1.165) is 29.9 Å². The third kappa shape index (κ3) is 5.74. The number of carbonyl (C=O) groups is 1. The van der Waals surface area contributed by atoms with Gasteiger partial charge in [-0.2, -0.15) is 4.31 Å². The molecule has 0 fully saturated rings. The Morgan fingerprint density at radius 1 is 1.20 bits per heavy atom. The molecule has 162 valence electrons. The average Bonchev–Trinajstić information content (AvgIpc) is 3.01. The Kier molecular flexibility index (Phi) is 7.39. The standard InChI is InChI=1S/C22H28ClN3O3S/c1-17-14-18-8-4-6-11-21(18)26(17)13-7-12-24-22(27)16-25(30(2,28)29)15-19-9-3-5-10-20(19)23/h3-6,8-11,17H,7,12-16H2,1-2H3,(H,24,27)/t17-/m0/s1. The first-order valence-electron chi connectivity index (χ1n) is 10.1. The SMILES string of the molecule is C[C@H]1Cc2ccccc2N1CCCNC(=O)CN(Cc1ccccc1Cl)S(C)(=O)=O. The fourth-order valence-electron chi connectivity index (χ4n) is 3.77. The van der Waals surface area contributed by atoms with Crippen LogP contribution in [-0.4, -0.2) is 50.6 Å². The van der Waals surface area contributed by atoms with Gasteiger partial charge in [-0.25, -0.2) is 8.42 Å². The topological polar surface area (TPSA) is 69.7 Å². The van der Waals surface area contributed by atoms with Gasteiger partial charge in [0.1, 0.15) is 0 Å². The molecule has 0 radical (unpaired) electrons. The zero-order valence-corrected chi connectivity index (χ0v) is 18.9. The summed E-state index contributed by atoms with van der Waals surface area (Å²) in [6.45, 7) is 3.38. The summed E-state index contributed by atoms with van der Waals surface area (Å²) in [5.74, 6) is -0.317. The maximum atomic E-state index is 12.4. The van der Waals surface area contributed by atoms with Gasteiger partial charge < -0.3 is 10.2 Å². The van der Waals surface area contributed by atoms with Gasteiger partial charge >= 0.3 is 0 Å². The molecular formula is C22H28ClN3O3S. The summed E-state index contributed by atoms with van der Waals surface area (Å²) in [6.07, 6.45) is 2.92. The van der Waals surface area contributed by atoms with Gasteiger partial charge in [-0.05, 0) is 43.0 Å². The summed E-state index contributed by atoms with van der Waals surface area (Å²) < 4.78 is 25.4. The normalized spacial score (nSPS) is 16.0. The molecule has 0 saturated heterocycles. The molecule has 8 heteroatoms. The number of halogens is 1. The number of carbonyl (C=O) groups excluding carboxylic acids is 1. The molecule has 0 bridgehead atoms. The summed E-state index contributed by atoms with van der Waals surface area (Å²) in [6, 6.07) is 15.9. The predicted molar refractivity (Wildman–Crippen MR) is 121 cm³/mol. The summed E-state index contributed by atoms with van der Waals surface area (Å²) in [5.41, 5.74) is 3.29. The van der Waals surface area contributed by atoms with Crippen molar-refractivity contribution in [2.24, 2.45) is 0 Å². The van der Waals surface area contributed by atoms with Crippen LogP contribution in [0.1, 0.15) is 24.5 Å². The van der Waals surface area contributed by atoms with Gasteiger partial charge in [-0.1, -0.05) is 48.0 Å². The number of hydrogen-bond donors (Lipinski definition) is 1. The number of anilines is 1. The van der Waals surface area contributed by atoms with Crippen LogP contribution in [0.4, 0.5) is 5.69 Å². The van der Waals surface area contributed by atoms with E-state index in [9.17, 15) is 13.2 Å². The van der Waals surface area contributed by atoms with Gasteiger partial charge in [0.2, 0.25) is 15.9 Å². The van der Waals surface area contributed by atoms with E-state index in [-0.39, 0.29) is 19.0 Å². The van der Waals surface area contributed by atoms with E-state index < -0.39 is 10.0 Å². The molecular weight excluding hydrogens is 422 g/mol. The molecule has 6 nitrogen and oxygen atoms in total. The van der Waals surface area contributed by atoms with Crippen molar-refractivity contribution in [3.63, 3.8) is 0 Å². The van der Waals surface area contributed by atoms with Crippen LogP contribution in [0.15, 0.2) is 48.5 Å². The molecule has 1 amide bonds. The highest BCUT2D eigenvalue weighted by molar-refractivity contribution is 7.88. The molecule has 0 unspecified atom stereocenters. The first-order chi connectivity index (χ1) is 14.3. The fraction of sp³-hybridized carbons (Fsp3) is 0.409. The molecule has 1 aliphatic heterocycles. The molecule has 0 spiro atoms. The number of nitrogens with one attached hydrogen (secondary N) is 1. The van der Waals surface area contributed by atoms with Crippen LogP contribution >= 0.6 is 11.6 Å². The first-order valence-corrected chi connectivity index (χ1v) is 12.3. The average molecular weight is 450 g/mol. The summed E-state index contributed by atoms with van der Waals surface area (Å²) >= 11 is 6.14. The van der Waals surface area contributed by atoms with Crippen LogP contribution < -0.4 is 10.2 Å². The van der Waals surface area contributed by atoms with E-state index in [4.69, 9.17) is 11.6 Å².